The van der Waals surface area contributed by atoms with E-state index in [1.807, 2.05) is 6.07 Å². The van der Waals surface area contributed by atoms with Gasteiger partial charge in [0.2, 0.25) is 0 Å². The maximum atomic E-state index is 6.04. The summed E-state index contributed by atoms with van der Waals surface area (Å²) in [6, 6.07) is 13.4. The van der Waals surface area contributed by atoms with E-state index in [0.717, 1.165) is 16.7 Å². The Labute approximate surface area is 134 Å². The third-order valence-corrected chi connectivity index (χ3v) is 6.37. The molecule has 1 aromatic carbocycles. The van der Waals surface area contributed by atoms with E-state index in [-0.39, 0.29) is 0 Å². The van der Waals surface area contributed by atoms with Crippen molar-refractivity contribution in [1.29, 1.82) is 0 Å². The highest BCUT2D eigenvalue weighted by Gasteiger charge is 2.55. The van der Waals surface area contributed by atoms with Gasteiger partial charge in [-0.05, 0) is 60.3 Å². The second-order valence-electron chi connectivity index (χ2n) is 6.19. The van der Waals surface area contributed by atoms with E-state index in [0.29, 0.717) is 17.9 Å². The van der Waals surface area contributed by atoms with Crippen molar-refractivity contribution in [3.63, 3.8) is 0 Å². The average Bonchev–Trinajstić information content (AvgIpc) is 3.11. The summed E-state index contributed by atoms with van der Waals surface area (Å²) in [5.74, 6) is 8.03. The van der Waals surface area contributed by atoms with Gasteiger partial charge in [0.15, 0.2) is 0 Å². The monoisotopic (exact) mass is 318 g/mol. The molecule has 0 aliphatic heterocycles. The quantitative estimate of drug-likeness (QED) is 0.665. The Morgan fingerprint density at radius 1 is 1.29 bits per heavy atom. The molecule has 2 aliphatic carbocycles. The van der Waals surface area contributed by atoms with E-state index in [9.17, 15) is 0 Å². The first-order chi connectivity index (χ1) is 10.3. The summed E-state index contributed by atoms with van der Waals surface area (Å²) in [5, 5.41) is 0. The van der Waals surface area contributed by atoms with Crippen LogP contribution >= 0.6 is 22.9 Å². The van der Waals surface area contributed by atoms with Gasteiger partial charge >= 0.3 is 0 Å². The van der Waals surface area contributed by atoms with Crippen LogP contribution < -0.4 is 11.3 Å². The smallest absolute Gasteiger partial charge is 0.0931 e. The van der Waals surface area contributed by atoms with Gasteiger partial charge in [-0.2, -0.15) is 0 Å². The molecule has 0 bridgehead atoms. The fourth-order valence-electron chi connectivity index (χ4n) is 4.15. The van der Waals surface area contributed by atoms with Gasteiger partial charge in [0, 0.05) is 10.9 Å². The molecule has 0 amide bonds. The summed E-state index contributed by atoms with van der Waals surface area (Å²) in [6.45, 7) is 0. The number of hydrazine groups is 1. The average molecular weight is 319 g/mol. The van der Waals surface area contributed by atoms with Crippen molar-refractivity contribution in [2.24, 2.45) is 17.7 Å². The highest BCUT2D eigenvalue weighted by molar-refractivity contribution is 7.16. The second-order valence-corrected chi connectivity index (χ2v) is 7.99. The van der Waals surface area contributed by atoms with Crippen LogP contribution in [0.3, 0.4) is 0 Å². The number of nitrogens with two attached hydrogens (primary N) is 1. The maximum Gasteiger partial charge on any atom is 0.0931 e. The van der Waals surface area contributed by atoms with Crippen molar-refractivity contribution in [3.05, 3.63) is 56.7 Å². The lowest BCUT2D eigenvalue weighted by Crippen LogP contribution is -2.39. The zero-order chi connectivity index (χ0) is 14.4. The van der Waals surface area contributed by atoms with Crippen molar-refractivity contribution in [2.75, 3.05) is 0 Å². The van der Waals surface area contributed by atoms with Crippen molar-refractivity contribution in [2.45, 2.75) is 31.2 Å². The highest BCUT2D eigenvalue weighted by Crippen LogP contribution is 2.61. The molecular formula is C17H19ClN2S. The van der Waals surface area contributed by atoms with Crippen molar-refractivity contribution in [1.82, 2.24) is 5.43 Å². The Bertz CT molecular complexity index is 654. The standard InChI is InChI=1S/C17H19ClN2S/c18-15-8-6-11(21-15)9-14(20-19)17-13-7-5-10-3-1-2-4-12(10)16(13)17/h1-4,6,8,13-14,16-17,20H,5,7,9,19H2. The van der Waals surface area contributed by atoms with Crippen LogP contribution in [-0.2, 0) is 12.8 Å². The van der Waals surface area contributed by atoms with Gasteiger partial charge in [-0.3, -0.25) is 11.3 Å². The Kier molecular flexibility index (Phi) is 3.54. The van der Waals surface area contributed by atoms with Gasteiger partial charge < -0.3 is 0 Å². The molecule has 1 fully saturated rings. The number of nitrogens with one attached hydrogen (secondary N) is 1. The lowest BCUT2D eigenvalue weighted by molar-refractivity contribution is 0.443. The number of hydrogen-bond donors (Lipinski definition) is 2. The van der Waals surface area contributed by atoms with Crippen LogP contribution in [0.4, 0.5) is 0 Å². The SMILES string of the molecule is NNC(Cc1ccc(Cl)s1)C1C2CCc3ccccc3C21. The molecule has 4 unspecified atom stereocenters. The van der Waals surface area contributed by atoms with Crippen LogP contribution in [0.25, 0.3) is 0 Å². The van der Waals surface area contributed by atoms with Crippen LogP contribution in [0.5, 0.6) is 0 Å². The summed E-state index contributed by atoms with van der Waals surface area (Å²) in [4.78, 5) is 1.32. The van der Waals surface area contributed by atoms with Gasteiger partial charge in [0.05, 0.1) is 4.34 Å². The molecular weight excluding hydrogens is 300 g/mol. The summed E-state index contributed by atoms with van der Waals surface area (Å²) >= 11 is 7.70. The molecule has 1 saturated carbocycles. The van der Waals surface area contributed by atoms with Crippen molar-refractivity contribution >= 4 is 22.9 Å². The molecule has 4 rings (SSSR count). The van der Waals surface area contributed by atoms with E-state index in [1.165, 1.54) is 23.3 Å². The lowest BCUT2D eigenvalue weighted by atomic mass is 9.92. The molecule has 2 nitrogen and oxygen atoms in total. The first kappa shape index (κ1) is 13.8. The maximum absolute atomic E-state index is 6.04. The molecule has 1 heterocycles. The Morgan fingerprint density at radius 3 is 2.90 bits per heavy atom. The Balaban J connectivity index is 1.54. The van der Waals surface area contributed by atoms with Crippen molar-refractivity contribution < 1.29 is 0 Å². The minimum Gasteiger partial charge on any atom is -0.271 e. The van der Waals surface area contributed by atoms with Gasteiger partial charge in [0.25, 0.3) is 0 Å². The van der Waals surface area contributed by atoms with Crippen LogP contribution in [-0.4, -0.2) is 6.04 Å². The van der Waals surface area contributed by atoms with E-state index in [4.69, 9.17) is 17.4 Å². The van der Waals surface area contributed by atoms with Gasteiger partial charge in [-0.25, -0.2) is 0 Å². The topological polar surface area (TPSA) is 38.0 Å². The van der Waals surface area contributed by atoms with Gasteiger partial charge in [-0.1, -0.05) is 35.9 Å². The number of fused-ring (bicyclic) bond motifs is 3. The third kappa shape index (κ3) is 2.42. The van der Waals surface area contributed by atoms with Gasteiger partial charge in [-0.15, -0.1) is 11.3 Å². The molecule has 4 heteroatoms. The summed E-state index contributed by atoms with van der Waals surface area (Å²) in [7, 11) is 0. The molecule has 2 aliphatic rings. The van der Waals surface area contributed by atoms with Crippen molar-refractivity contribution in [3.8, 4) is 0 Å². The number of hydrogen-bond acceptors (Lipinski definition) is 3. The minimum atomic E-state index is 0.348. The number of halogens is 1. The van der Waals surface area contributed by atoms with Crippen LogP contribution in [0.15, 0.2) is 36.4 Å². The molecule has 21 heavy (non-hydrogen) atoms. The predicted octanol–water partition coefficient (Wildman–Crippen LogP) is 3.75. The largest absolute Gasteiger partial charge is 0.271 e. The summed E-state index contributed by atoms with van der Waals surface area (Å²) < 4.78 is 0.860. The highest BCUT2D eigenvalue weighted by atomic mass is 35.5. The van der Waals surface area contributed by atoms with Gasteiger partial charge in [0.1, 0.15) is 0 Å². The number of aryl methyl sites for hydroxylation is 1. The fourth-order valence-corrected chi connectivity index (χ4v) is 5.30. The summed E-state index contributed by atoms with van der Waals surface area (Å²) in [5.41, 5.74) is 6.17. The number of rotatable bonds is 4. The molecule has 0 spiro atoms. The van der Waals surface area contributed by atoms with E-state index in [1.54, 1.807) is 16.9 Å². The predicted molar refractivity (Wildman–Crippen MR) is 88.6 cm³/mol. The van der Waals surface area contributed by atoms with Crippen LogP contribution in [0.1, 0.15) is 28.3 Å². The Hall–Kier alpha value is -0.870. The Morgan fingerprint density at radius 2 is 2.14 bits per heavy atom. The molecule has 3 N–H and O–H groups in total. The minimum absolute atomic E-state index is 0.348. The molecule has 4 atom stereocenters. The molecule has 0 radical (unpaired) electrons. The van der Waals surface area contributed by atoms with E-state index >= 15 is 0 Å². The lowest BCUT2D eigenvalue weighted by Gasteiger charge is -2.15. The number of benzene rings is 1. The fraction of sp³-hybridized carbons (Fsp3) is 0.412. The molecule has 1 aromatic heterocycles. The zero-order valence-electron chi connectivity index (χ0n) is 11.8. The summed E-state index contributed by atoms with van der Waals surface area (Å²) in [6.07, 6.45) is 3.50. The molecule has 0 saturated heterocycles. The third-order valence-electron chi connectivity index (χ3n) is 5.12. The molecule has 110 valence electrons. The zero-order valence-corrected chi connectivity index (χ0v) is 13.3. The number of thiophene rings is 1. The second kappa shape index (κ2) is 5.40. The van der Waals surface area contributed by atoms with E-state index < -0.39 is 0 Å². The van der Waals surface area contributed by atoms with Crippen LogP contribution in [0, 0.1) is 11.8 Å². The van der Waals surface area contributed by atoms with Crippen LogP contribution in [0.2, 0.25) is 4.34 Å². The first-order valence-electron chi connectivity index (χ1n) is 7.56. The first-order valence-corrected chi connectivity index (χ1v) is 8.75. The molecule has 2 aromatic rings. The van der Waals surface area contributed by atoms with E-state index in [2.05, 4.69) is 35.8 Å². The normalized spacial score (nSPS) is 27.8.